The second kappa shape index (κ2) is 11.4. The molecule has 1 unspecified atom stereocenters. The maximum absolute atomic E-state index is 12.6. The Hall–Kier alpha value is -3.01. The number of rotatable bonds is 7. The SMILES string of the molecule is CSC(=N/C=C/C(=O)Nc1cccc(C(C)NC=CNC2=NC=C(C)C2)c1)C(F)(F)F. The predicted octanol–water partition coefficient (Wildman–Crippen LogP) is 4.88. The summed E-state index contributed by atoms with van der Waals surface area (Å²) in [4.78, 5) is 19.5. The summed E-state index contributed by atoms with van der Waals surface area (Å²) in [7, 11) is 0. The number of benzene rings is 1. The number of carbonyl (C=O) groups is 1. The third kappa shape index (κ3) is 8.33. The van der Waals surface area contributed by atoms with E-state index in [0.29, 0.717) is 17.4 Å². The van der Waals surface area contributed by atoms with Crippen LogP contribution in [-0.4, -0.2) is 29.2 Å². The van der Waals surface area contributed by atoms with E-state index in [1.165, 1.54) is 11.8 Å². The molecule has 2 rings (SSSR count). The van der Waals surface area contributed by atoms with E-state index < -0.39 is 17.1 Å². The van der Waals surface area contributed by atoms with Crippen molar-refractivity contribution in [1.82, 2.24) is 10.6 Å². The molecule has 0 spiro atoms. The molecule has 0 fully saturated rings. The number of aliphatic imine (C=N–C) groups is 2. The predicted molar refractivity (Wildman–Crippen MR) is 121 cm³/mol. The maximum Gasteiger partial charge on any atom is 0.439 e. The number of thioether (sulfide) groups is 1. The summed E-state index contributed by atoms with van der Waals surface area (Å²) in [6, 6.07) is 7.11. The molecule has 1 aliphatic heterocycles. The van der Waals surface area contributed by atoms with E-state index in [-0.39, 0.29) is 6.04 Å². The second-order valence-corrected chi connectivity index (χ2v) is 7.46. The van der Waals surface area contributed by atoms with Gasteiger partial charge in [-0.3, -0.25) is 4.79 Å². The molecule has 0 aromatic heterocycles. The van der Waals surface area contributed by atoms with E-state index in [1.807, 2.05) is 26.1 Å². The number of nitrogens with one attached hydrogen (secondary N) is 3. The summed E-state index contributed by atoms with van der Waals surface area (Å²) < 4.78 is 37.8. The van der Waals surface area contributed by atoms with Crippen LogP contribution < -0.4 is 16.0 Å². The number of alkyl halides is 3. The number of amidine groups is 1. The summed E-state index contributed by atoms with van der Waals surface area (Å²) >= 11 is 0.469. The molecular weight excluding hydrogens is 427 g/mol. The highest BCUT2D eigenvalue weighted by Crippen LogP contribution is 2.23. The van der Waals surface area contributed by atoms with Gasteiger partial charge in [-0.2, -0.15) is 13.2 Å². The summed E-state index contributed by atoms with van der Waals surface area (Å²) in [6.07, 6.45) is 4.69. The van der Waals surface area contributed by atoms with Gasteiger partial charge in [0.15, 0.2) is 5.04 Å². The lowest BCUT2D eigenvalue weighted by Gasteiger charge is -2.14. The minimum absolute atomic E-state index is 0.0451. The topological polar surface area (TPSA) is 77.9 Å². The van der Waals surface area contributed by atoms with Gasteiger partial charge in [0.2, 0.25) is 5.91 Å². The molecule has 10 heteroatoms. The van der Waals surface area contributed by atoms with Crippen molar-refractivity contribution in [1.29, 1.82) is 0 Å². The number of halogens is 3. The first-order valence-electron chi connectivity index (χ1n) is 9.35. The smallest absolute Gasteiger partial charge is 0.383 e. The van der Waals surface area contributed by atoms with Crippen LogP contribution >= 0.6 is 11.8 Å². The molecule has 1 amide bonds. The van der Waals surface area contributed by atoms with Gasteiger partial charge in [-0.25, -0.2) is 9.98 Å². The van der Waals surface area contributed by atoms with Gasteiger partial charge < -0.3 is 16.0 Å². The molecule has 1 aliphatic rings. The van der Waals surface area contributed by atoms with E-state index in [1.54, 1.807) is 30.6 Å². The standard InChI is InChI=1S/C21H24F3N5OS/c1-14-11-18(28-13-14)26-10-9-25-15(2)16-5-4-6-17(12-16)29-19(30)7-8-27-20(31-3)21(22,23)24/h4-10,12-13,15,25H,11H2,1-3H3,(H,26,28)(H,29,30)/b8-7+,10-9?,27-20?. The highest BCUT2D eigenvalue weighted by molar-refractivity contribution is 8.13. The van der Waals surface area contributed by atoms with Crippen molar-refractivity contribution in [2.75, 3.05) is 11.6 Å². The van der Waals surface area contributed by atoms with E-state index in [2.05, 4.69) is 25.9 Å². The number of carbonyl (C=O) groups excluding carboxylic acids is 1. The molecule has 1 heterocycles. The molecule has 166 valence electrons. The lowest BCUT2D eigenvalue weighted by Crippen LogP contribution is -2.19. The van der Waals surface area contributed by atoms with Crippen molar-refractivity contribution in [3.8, 4) is 0 Å². The number of nitrogens with zero attached hydrogens (tertiary/aromatic N) is 2. The van der Waals surface area contributed by atoms with Crippen LogP contribution in [0.2, 0.25) is 0 Å². The number of anilines is 1. The first-order valence-corrected chi connectivity index (χ1v) is 10.6. The molecule has 3 N–H and O–H groups in total. The quantitative estimate of drug-likeness (QED) is 0.314. The minimum Gasteiger partial charge on any atom is -0.383 e. The fourth-order valence-electron chi connectivity index (χ4n) is 2.54. The highest BCUT2D eigenvalue weighted by atomic mass is 32.2. The number of hydrogen-bond acceptors (Lipinski definition) is 6. The lowest BCUT2D eigenvalue weighted by molar-refractivity contribution is -0.111. The van der Waals surface area contributed by atoms with Crippen molar-refractivity contribution >= 4 is 34.2 Å². The molecule has 0 bridgehead atoms. The van der Waals surface area contributed by atoms with Gasteiger partial charge in [-0.05, 0) is 43.4 Å². The van der Waals surface area contributed by atoms with Gasteiger partial charge in [0.05, 0.1) is 0 Å². The number of hydrogen-bond donors (Lipinski definition) is 3. The van der Waals surface area contributed by atoms with Crippen LogP contribution in [0, 0.1) is 0 Å². The van der Waals surface area contributed by atoms with E-state index in [0.717, 1.165) is 30.1 Å². The largest absolute Gasteiger partial charge is 0.439 e. The van der Waals surface area contributed by atoms with Crippen molar-refractivity contribution in [2.45, 2.75) is 32.5 Å². The Morgan fingerprint density at radius 3 is 2.74 bits per heavy atom. The van der Waals surface area contributed by atoms with Gasteiger partial charge in [0, 0.05) is 49.0 Å². The Morgan fingerprint density at radius 1 is 1.32 bits per heavy atom. The minimum atomic E-state index is -4.54. The Labute approximate surface area is 183 Å². The Kier molecular flexibility index (Phi) is 8.92. The van der Waals surface area contributed by atoms with E-state index in [9.17, 15) is 18.0 Å². The molecule has 1 atom stereocenters. The second-order valence-electron chi connectivity index (χ2n) is 6.66. The summed E-state index contributed by atoms with van der Waals surface area (Å²) in [6.45, 7) is 3.97. The Balaban J connectivity index is 1.88. The van der Waals surface area contributed by atoms with Gasteiger partial charge in [-0.15, -0.1) is 11.8 Å². The van der Waals surface area contributed by atoms with Crippen LogP contribution in [0.3, 0.4) is 0 Å². The number of amides is 1. The van der Waals surface area contributed by atoms with Crippen molar-refractivity contribution in [2.24, 2.45) is 9.98 Å². The zero-order chi connectivity index (χ0) is 22.9. The van der Waals surface area contributed by atoms with Crippen molar-refractivity contribution in [3.05, 3.63) is 66.3 Å². The molecule has 31 heavy (non-hydrogen) atoms. The molecule has 1 aromatic rings. The van der Waals surface area contributed by atoms with Crippen LogP contribution in [0.15, 0.2) is 70.7 Å². The Morgan fingerprint density at radius 2 is 2.10 bits per heavy atom. The van der Waals surface area contributed by atoms with Gasteiger partial charge >= 0.3 is 6.18 Å². The van der Waals surface area contributed by atoms with Crippen LogP contribution in [-0.2, 0) is 4.79 Å². The third-order valence-corrected chi connectivity index (χ3v) is 4.80. The van der Waals surface area contributed by atoms with Crippen LogP contribution in [0.4, 0.5) is 18.9 Å². The fraction of sp³-hybridized carbons (Fsp3) is 0.286. The molecule has 1 aromatic carbocycles. The normalized spacial score (nSPS) is 15.7. The third-order valence-electron chi connectivity index (χ3n) is 4.07. The van der Waals surface area contributed by atoms with Crippen molar-refractivity contribution < 1.29 is 18.0 Å². The maximum atomic E-state index is 12.6. The lowest BCUT2D eigenvalue weighted by atomic mass is 10.1. The Bertz CT molecular complexity index is 935. The van der Waals surface area contributed by atoms with Gasteiger partial charge in [-0.1, -0.05) is 12.1 Å². The zero-order valence-electron chi connectivity index (χ0n) is 17.3. The molecule has 6 nitrogen and oxygen atoms in total. The summed E-state index contributed by atoms with van der Waals surface area (Å²) in [5, 5.41) is 7.91. The van der Waals surface area contributed by atoms with Gasteiger partial charge in [0.1, 0.15) is 5.84 Å². The zero-order valence-corrected chi connectivity index (χ0v) is 18.1. The van der Waals surface area contributed by atoms with Crippen LogP contribution in [0.5, 0.6) is 0 Å². The molecule has 0 saturated carbocycles. The first kappa shape index (κ1) is 24.3. The first-order chi connectivity index (χ1) is 14.7. The molecule has 0 saturated heterocycles. The summed E-state index contributed by atoms with van der Waals surface area (Å²) in [5.74, 6) is 0.305. The highest BCUT2D eigenvalue weighted by Gasteiger charge is 2.34. The van der Waals surface area contributed by atoms with E-state index in [4.69, 9.17) is 0 Å². The average Bonchev–Trinajstić information content (AvgIpc) is 3.12. The average molecular weight is 452 g/mol. The molecule has 0 radical (unpaired) electrons. The molecular formula is C21H24F3N5OS. The van der Waals surface area contributed by atoms with Crippen molar-refractivity contribution in [3.63, 3.8) is 0 Å². The van der Waals surface area contributed by atoms with Gasteiger partial charge in [0.25, 0.3) is 0 Å². The summed E-state index contributed by atoms with van der Waals surface area (Å²) in [5.41, 5.74) is 2.64. The van der Waals surface area contributed by atoms with E-state index >= 15 is 0 Å². The van der Waals surface area contributed by atoms with Crippen LogP contribution in [0.1, 0.15) is 31.9 Å². The molecule has 0 aliphatic carbocycles. The van der Waals surface area contributed by atoms with Crippen LogP contribution in [0.25, 0.3) is 0 Å². The fourth-order valence-corrected chi connectivity index (χ4v) is 2.94. The monoisotopic (exact) mass is 451 g/mol.